The van der Waals surface area contributed by atoms with Crippen LogP contribution in [0.3, 0.4) is 0 Å². The fourth-order valence-electron chi connectivity index (χ4n) is 1.50. The Bertz CT molecular complexity index is 369. The van der Waals surface area contributed by atoms with E-state index in [1.54, 1.807) is 32.6 Å². The van der Waals surface area contributed by atoms with Crippen LogP contribution in [0.5, 0.6) is 0 Å². The van der Waals surface area contributed by atoms with E-state index in [0.29, 0.717) is 24.6 Å². The first-order valence-electron chi connectivity index (χ1n) is 5.58. The number of ether oxygens (including phenoxy) is 1. The highest BCUT2D eigenvalue weighted by Gasteiger charge is 2.11. The molecular weight excluding hydrogens is 218 g/mol. The van der Waals surface area contributed by atoms with E-state index < -0.39 is 0 Å². The summed E-state index contributed by atoms with van der Waals surface area (Å²) in [7, 11) is 3.42. The van der Waals surface area contributed by atoms with Crippen LogP contribution in [0.15, 0.2) is 18.5 Å². The van der Waals surface area contributed by atoms with Gasteiger partial charge >= 0.3 is 0 Å². The number of methoxy groups -OCH3 is 1. The van der Waals surface area contributed by atoms with Gasteiger partial charge in [-0.15, -0.1) is 0 Å². The Morgan fingerprint density at radius 2 is 2.35 bits per heavy atom. The number of anilines is 1. The normalized spacial score (nSPS) is 11.9. The van der Waals surface area contributed by atoms with Crippen molar-refractivity contribution in [2.24, 2.45) is 5.92 Å². The van der Waals surface area contributed by atoms with E-state index in [9.17, 15) is 4.79 Å². The fourth-order valence-corrected chi connectivity index (χ4v) is 1.50. The number of amides is 1. The molecule has 1 aromatic heterocycles. The third-order valence-electron chi connectivity index (χ3n) is 2.40. The zero-order valence-corrected chi connectivity index (χ0v) is 10.5. The third kappa shape index (κ3) is 4.03. The van der Waals surface area contributed by atoms with Crippen LogP contribution in [0.4, 0.5) is 5.69 Å². The number of carbonyl (C=O) groups excluding carboxylic acids is 1. The Hall–Kier alpha value is -1.62. The number of carbonyl (C=O) groups is 1. The number of pyridine rings is 1. The molecule has 94 valence electrons. The van der Waals surface area contributed by atoms with Crippen molar-refractivity contribution in [1.82, 2.24) is 10.3 Å². The molecule has 1 unspecified atom stereocenters. The molecule has 1 heterocycles. The molecule has 5 nitrogen and oxygen atoms in total. The Balaban J connectivity index is 2.58. The summed E-state index contributed by atoms with van der Waals surface area (Å²) >= 11 is 0. The molecule has 1 atom stereocenters. The topological polar surface area (TPSA) is 63.2 Å². The van der Waals surface area contributed by atoms with E-state index in [1.165, 1.54) is 0 Å². The van der Waals surface area contributed by atoms with Crippen LogP contribution in [0.25, 0.3) is 0 Å². The van der Waals surface area contributed by atoms with Gasteiger partial charge in [0.25, 0.3) is 5.91 Å². The summed E-state index contributed by atoms with van der Waals surface area (Å²) in [6, 6.07) is 1.70. The summed E-state index contributed by atoms with van der Waals surface area (Å²) in [5.74, 6) is 0.198. The Morgan fingerprint density at radius 1 is 1.59 bits per heavy atom. The average Bonchev–Trinajstić information content (AvgIpc) is 2.36. The third-order valence-corrected chi connectivity index (χ3v) is 2.40. The van der Waals surface area contributed by atoms with Crippen LogP contribution >= 0.6 is 0 Å². The highest BCUT2D eigenvalue weighted by molar-refractivity contribution is 5.99. The smallest absolute Gasteiger partial charge is 0.253 e. The summed E-state index contributed by atoms with van der Waals surface area (Å²) in [4.78, 5) is 15.9. The van der Waals surface area contributed by atoms with Gasteiger partial charge in [-0.25, -0.2) is 0 Å². The molecule has 0 aromatic carbocycles. The molecule has 0 saturated carbocycles. The van der Waals surface area contributed by atoms with E-state index in [-0.39, 0.29) is 5.91 Å². The van der Waals surface area contributed by atoms with Crippen molar-refractivity contribution in [2.75, 3.05) is 32.6 Å². The van der Waals surface area contributed by atoms with E-state index in [4.69, 9.17) is 4.74 Å². The first-order valence-corrected chi connectivity index (χ1v) is 5.58. The maximum atomic E-state index is 11.9. The van der Waals surface area contributed by atoms with Crippen LogP contribution in [0, 0.1) is 5.92 Å². The second-order valence-corrected chi connectivity index (χ2v) is 3.94. The minimum absolute atomic E-state index is 0.0975. The predicted molar refractivity (Wildman–Crippen MR) is 67.2 cm³/mol. The van der Waals surface area contributed by atoms with Gasteiger partial charge in [0.05, 0.1) is 24.1 Å². The molecule has 5 heteroatoms. The molecule has 1 rings (SSSR count). The number of hydrogen-bond donors (Lipinski definition) is 2. The first kappa shape index (κ1) is 13.4. The van der Waals surface area contributed by atoms with Gasteiger partial charge in [-0.1, -0.05) is 6.92 Å². The van der Waals surface area contributed by atoms with Crippen molar-refractivity contribution in [3.05, 3.63) is 24.0 Å². The molecule has 0 bridgehead atoms. The molecule has 0 fully saturated rings. The van der Waals surface area contributed by atoms with Gasteiger partial charge in [0.2, 0.25) is 0 Å². The molecule has 17 heavy (non-hydrogen) atoms. The quantitative estimate of drug-likeness (QED) is 0.778. The van der Waals surface area contributed by atoms with Crippen molar-refractivity contribution in [3.63, 3.8) is 0 Å². The van der Waals surface area contributed by atoms with E-state index >= 15 is 0 Å². The lowest BCUT2D eigenvalue weighted by atomic mass is 10.1. The fraction of sp³-hybridized carbons (Fsp3) is 0.500. The molecule has 1 aromatic rings. The summed E-state index contributed by atoms with van der Waals surface area (Å²) in [5, 5.41) is 5.81. The zero-order chi connectivity index (χ0) is 12.7. The number of aromatic nitrogens is 1. The van der Waals surface area contributed by atoms with Crippen molar-refractivity contribution in [2.45, 2.75) is 6.92 Å². The number of rotatable bonds is 6. The Kier molecular flexibility index (Phi) is 5.42. The molecule has 0 saturated heterocycles. The molecule has 0 aliphatic heterocycles. The predicted octanol–water partition coefficient (Wildman–Crippen LogP) is 1.14. The van der Waals surface area contributed by atoms with Crippen LogP contribution in [0.2, 0.25) is 0 Å². The minimum Gasteiger partial charge on any atom is -0.386 e. The highest BCUT2D eigenvalue weighted by atomic mass is 16.5. The first-order chi connectivity index (χ1) is 8.19. The van der Waals surface area contributed by atoms with Gasteiger partial charge in [0.15, 0.2) is 0 Å². The van der Waals surface area contributed by atoms with Crippen molar-refractivity contribution in [1.29, 1.82) is 0 Å². The zero-order valence-electron chi connectivity index (χ0n) is 10.5. The molecule has 1 amide bonds. The van der Waals surface area contributed by atoms with Crippen LogP contribution in [0.1, 0.15) is 17.3 Å². The molecule has 2 N–H and O–H groups in total. The Morgan fingerprint density at radius 3 is 3.00 bits per heavy atom. The SMILES string of the molecule is CNc1cnccc1C(=O)NCC(C)COC. The van der Waals surface area contributed by atoms with Gasteiger partial charge in [-0.3, -0.25) is 9.78 Å². The van der Waals surface area contributed by atoms with Crippen LogP contribution in [-0.4, -0.2) is 38.2 Å². The van der Waals surface area contributed by atoms with Gasteiger partial charge in [-0.2, -0.15) is 0 Å². The molecule has 0 radical (unpaired) electrons. The summed E-state index contributed by atoms with van der Waals surface area (Å²) < 4.78 is 5.01. The van der Waals surface area contributed by atoms with Crippen LogP contribution in [-0.2, 0) is 4.74 Å². The molecule has 0 spiro atoms. The number of nitrogens with zero attached hydrogens (tertiary/aromatic N) is 1. The molecular formula is C12H19N3O2. The summed E-state index contributed by atoms with van der Waals surface area (Å²) in [6.07, 6.45) is 3.24. The van der Waals surface area contributed by atoms with Crippen LogP contribution < -0.4 is 10.6 Å². The average molecular weight is 237 g/mol. The maximum Gasteiger partial charge on any atom is 0.253 e. The highest BCUT2D eigenvalue weighted by Crippen LogP contribution is 2.12. The Labute approximate surface area is 102 Å². The minimum atomic E-state index is -0.0975. The molecule has 0 aliphatic carbocycles. The summed E-state index contributed by atoms with van der Waals surface area (Å²) in [6.45, 7) is 3.25. The number of hydrogen-bond acceptors (Lipinski definition) is 4. The van der Waals surface area contributed by atoms with Gasteiger partial charge in [0, 0.05) is 26.9 Å². The summed E-state index contributed by atoms with van der Waals surface area (Å²) in [5.41, 5.74) is 1.33. The van der Waals surface area contributed by atoms with Crippen molar-refractivity contribution < 1.29 is 9.53 Å². The number of nitrogens with one attached hydrogen (secondary N) is 2. The van der Waals surface area contributed by atoms with Gasteiger partial charge < -0.3 is 15.4 Å². The van der Waals surface area contributed by atoms with E-state index in [1.807, 2.05) is 6.92 Å². The second-order valence-electron chi connectivity index (χ2n) is 3.94. The lowest BCUT2D eigenvalue weighted by molar-refractivity contribution is 0.0935. The lowest BCUT2D eigenvalue weighted by Gasteiger charge is -2.13. The standard InChI is InChI=1S/C12H19N3O2/c1-9(8-17-3)6-15-12(16)10-4-5-14-7-11(10)13-2/h4-5,7,9,13H,6,8H2,1-3H3,(H,15,16). The van der Waals surface area contributed by atoms with Gasteiger partial charge in [-0.05, 0) is 12.0 Å². The van der Waals surface area contributed by atoms with E-state index in [2.05, 4.69) is 15.6 Å². The van der Waals surface area contributed by atoms with E-state index in [0.717, 1.165) is 5.69 Å². The maximum absolute atomic E-state index is 11.9. The monoisotopic (exact) mass is 237 g/mol. The largest absolute Gasteiger partial charge is 0.386 e. The molecule has 0 aliphatic rings. The second kappa shape index (κ2) is 6.85. The van der Waals surface area contributed by atoms with Gasteiger partial charge in [0.1, 0.15) is 0 Å². The lowest BCUT2D eigenvalue weighted by Crippen LogP contribution is -2.30. The van der Waals surface area contributed by atoms with Crippen molar-refractivity contribution in [3.8, 4) is 0 Å². The van der Waals surface area contributed by atoms with Crippen molar-refractivity contribution >= 4 is 11.6 Å².